The first kappa shape index (κ1) is 12.9. The molecule has 80 valence electrons. The standard InChI is InChI=1S/C9H16N2O3/c1-7(4-10)5-11(2)6-8(12)3-9(13)14/h7-8,12H,3,5-6H2,1-2H3,(H,13,14). The van der Waals surface area contributed by atoms with Gasteiger partial charge in [0, 0.05) is 13.1 Å². The van der Waals surface area contributed by atoms with E-state index in [0.717, 1.165) is 0 Å². The van der Waals surface area contributed by atoms with Crippen molar-refractivity contribution in [2.24, 2.45) is 5.92 Å². The summed E-state index contributed by atoms with van der Waals surface area (Å²) in [6, 6.07) is 2.07. The molecule has 2 atom stereocenters. The van der Waals surface area contributed by atoms with Crippen molar-refractivity contribution >= 4 is 5.97 Å². The van der Waals surface area contributed by atoms with Crippen LogP contribution in [0.25, 0.3) is 0 Å². The van der Waals surface area contributed by atoms with E-state index >= 15 is 0 Å². The van der Waals surface area contributed by atoms with Crippen LogP contribution in [0.5, 0.6) is 0 Å². The lowest BCUT2D eigenvalue weighted by molar-refractivity contribution is -0.139. The fourth-order valence-corrected chi connectivity index (χ4v) is 1.21. The molecule has 0 amide bonds. The Labute approximate surface area is 83.6 Å². The Morgan fingerprint density at radius 2 is 2.14 bits per heavy atom. The van der Waals surface area contributed by atoms with Gasteiger partial charge in [0.05, 0.1) is 24.5 Å². The molecule has 0 spiro atoms. The molecule has 0 aliphatic heterocycles. The van der Waals surface area contributed by atoms with E-state index in [4.69, 9.17) is 10.4 Å². The van der Waals surface area contributed by atoms with Crippen molar-refractivity contribution < 1.29 is 15.0 Å². The van der Waals surface area contributed by atoms with Gasteiger partial charge in [0.2, 0.25) is 0 Å². The molecule has 2 N–H and O–H groups in total. The molecule has 0 rings (SSSR count). The molecule has 0 aromatic heterocycles. The first-order valence-corrected chi connectivity index (χ1v) is 4.43. The van der Waals surface area contributed by atoms with Crippen LogP contribution in [0.1, 0.15) is 13.3 Å². The number of nitrogens with zero attached hydrogens (tertiary/aromatic N) is 2. The van der Waals surface area contributed by atoms with Gasteiger partial charge < -0.3 is 15.1 Å². The molecule has 0 saturated carbocycles. The molecule has 0 saturated heterocycles. The number of carboxylic acids is 1. The van der Waals surface area contributed by atoms with Gasteiger partial charge in [-0.05, 0) is 14.0 Å². The lowest BCUT2D eigenvalue weighted by Gasteiger charge is -2.20. The summed E-state index contributed by atoms with van der Waals surface area (Å²) in [4.78, 5) is 12.0. The normalized spacial score (nSPS) is 14.8. The van der Waals surface area contributed by atoms with E-state index in [2.05, 4.69) is 6.07 Å². The molecular weight excluding hydrogens is 184 g/mol. The van der Waals surface area contributed by atoms with Gasteiger partial charge in [-0.3, -0.25) is 4.79 Å². The van der Waals surface area contributed by atoms with Crippen LogP contribution in [0.15, 0.2) is 0 Å². The number of aliphatic hydroxyl groups is 1. The number of carboxylic acid groups (broad SMARTS) is 1. The first-order valence-electron chi connectivity index (χ1n) is 4.43. The lowest BCUT2D eigenvalue weighted by atomic mass is 10.2. The van der Waals surface area contributed by atoms with E-state index < -0.39 is 12.1 Å². The predicted molar refractivity (Wildman–Crippen MR) is 50.5 cm³/mol. The summed E-state index contributed by atoms with van der Waals surface area (Å²) in [7, 11) is 1.75. The third-order valence-corrected chi connectivity index (χ3v) is 1.74. The molecule has 0 heterocycles. The summed E-state index contributed by atoms with van der Waals surface area (Å²) in [6.07, 6.45) is -1.13. The number of aliphatic hydroxyl groups excluding tert-OH is 1. The number of rotatable bonds is 6. The van der Waals surface area contributed by atoms with Crippen LogP contribution in [0.4, 0.5) is 0 Å². The summed E-state index contributed by atoms with van der Waals surface area (Å²) in [5.41, 5.74) is 0. The predicted octanol–water partition coefficient (Wildman–Crippen LogP) is -0.0865. The maximum absolute atomic E-state index is 10.2. The Morgan fingerprint density at radius 1 is 1.57 bits per heavy atom. The van der Waals surface area contributed by atoms with E-state index in [-0.39, 0.29) is 18.9 Å². The Hall–Kier alpha value is -1.12. The van der Waals surface area contributed by atoms with E-state index in [1.165, 1.54) is 0 Å². The van der Waals surface area contributed by atoms with Crippen LogP contribution in [-0.4, -0.2) is 47.3 Å². The van der Waals surface area contributed by atoms with Gasteiger partial charge in [-0.1, -0.05) is 0 Å². The number of nitriles is 1. The van der Waals surface area contributed by atoms with Crippen molar-refractivity contribution in [3.8, 4) is 6.07 Å². The van der Waals surface area contributed by atoms with E-state index in [1.807, 2.05) is 0 Å². The highest BCUT2D eigenvalue weighted by Crippen LogP contribution is 1.99. The minimum absolute atomic E-state index is 0.114. The molecular formula is C9H16N2O3. The van der Waals surface area contributed by atoms with Crippen LogP contribution in [0.2, 0.25) is 0 Å². The summed E-state index contributed by atoms with van der Waals surface area (Å²) >= 11 is 0. The number of aliphatic carboxylic acids is 1. The maximum atomic E-state index is 10.2. The monoisotopic (exact) mass is 200 g/mol. The summed E-state index contributed by atoms with van der Waals surface area (Å²) in [6.45, 7) is 2.59. The lowest BCUT2D eigenvalue weighted by Crippen LogP contribution is -2.33. The molecule has 0 aliphatic rings. The topological polar surface area (TPSA) is 84.6 Å². The molecule has 0 aromatic rings. The van der Waals surface area contributed by atoms with Crippen molar-refractivity contribution in [3.05, 3.63) is 0 Å². The fraction of sp³-hybridized carbons (Fsp3) is 0.778. The second-order valence-corrected chi connectivity index (χ2v) is 3.50. The van der Waals surface area contributed by atoms with Gasteiger partial charge in [-0.2, -0.15) is 5.26 Å². The average Bonchev–Trinajstić information content (AvgIpc) is 2.01. The van der Waals surface area contributed by atoms with Crippen LogP contribution >= 0.6 is 0 Å². The first-order chi connectivity index (χ1) is 6.45. The summed E-state index contributed by atoms with van der Waals surface area (Å²) in [5, 5.41) is 26.2. The van der Waals surface area contributed by atoms with Gasteiger partial charge in [0.25, 0.3) is 0 Å². The molecule has 14 heavy (non-hydrogen) atoms. The molecule has 0 bridgehead atoms. The molecule has 5 nitrogen and oxygen atoms in total. The van der Waals surface area contributed by atoms with Crippen molar-refractivity contribution in [2.75, 3.05) is 20.1 Å². The minimum atomic E-state index is -1.01. The van der Waals surface area contributed by atoms with Crippen LogP contribution in [0, 0.1) is 17.2 Å². The molecule has 0 aliphatic carbocycles. The highest BCUT2D eigenvalue weighted by molar-refractivity contribution is 5.67. The second-order valence-electron chi connectivity index (χ2n) is 3.50. The molecule has 0 radical (unpaired) electrons. The van der Waals surface area contributed by atoms with Gasteiger partial charge >= 0.3 is 5.97 Å². The van der Waals surface area contributed by atoms with Crippen LogP contribution in [-0.2, 0) is 4.79 Å². The molecule has 2 unspecified atom stereocenters. The number of carbonyl (C=O) groups is 1. The van der Waals surface area contributed by atoms with Gasteiger partial charge in [0.15, 0.2) is 0 Å². The van der Waals surface area contributed by atoms with E-state index in [9.17, 15) is 9.90 Å². The zero-order valence-corrected chi connectivity index (χ0v) is 8.47. The Bertz CT molecular complexity index is 225. The van der Waals surface area contributed by atoms with Gasteiger partial charge in [-0.15, -0.1) is 0 Å². The highest BCUT2D eigenvalue weighted by Gasteiger charge is 2.13. The smallest absolute Gasteiger partial charge is 0.306 e. The van der Waals surface area contributed by atoms with Crippen molar-refractivity contribution in [3.63, 3.8) is 0 Å². The molecule has 0 aromatic carbocycles. The summed E-state index contributed by atoms with van der Waals surface area (Å²) < 4.78 is 0. The Kier molecular flexibility index (Phi) is 5.84. The summed E-state index contributed by atoms with van der Waals surface area (Å²) in [5.74, 6) is -1.13. The third-order valence-electron chi connectivity index (χ3n) is 1.74. The fourth-order valence-electron chi connectivity index (χ4n) is 1.21. The number of likely N-dealkylation sites (N-methyl/N-ethyl adjacent to an activating group) is 1. The zero-order chi connectivity index (χ0) is 11.1. The van der Waals surface area contributed by atoms with Crippen LogP contribution < -0.4 is 0 Å². The van der Waals surface area contributed by atoms with Crippen molar-refractivity contribution in [2.45, 2.75) is 19.4 Å². The van der Waals surface area contributed by atoms with E-state index in [1.54, 1.807) is 18.9 Å². The largest absolute Gasteiger partial charge is 0.481 e. The van der Waals surface area contributed by atoms with Crippen molar-refractivity contribution in [1.82, 2.24) is 4.90 Å². The zero-order valence-electron chi connectivity index (χ0n) is 8.47. The Morgan fingerprint density at radius 3 is 2.57 bits per heavy atom. The molecule has 5 heteroatoms. The maximum Gasteiger partial charge on any atom is 0.306 e. The Balaban J connectivity index is 3.77. The quantitative estimate of drug-likeness (QED) is 0.626. The number of hydrogen-bond acceptors (Lipinski definition) is 4. The number of hydrogen-bond donors (Lipinski definition) is 2. The van der Waals surface area contributed by atoms with E-state index in [0.29, 0.717) is 6.54 Å². The third kappa shape index (κ3) is 6.40. The highest BCUT2D eigenvalue weighted by atomic mass is 16.4. The SMILES string of the molecule is CC(C#N)CN(C)CC(O)CC(=O)O. The van der Waals surface area contributed by atoms with Gasteiger partial charge in [-0.25, -0.2) is 0 Å². The second kappa shape index (κ2) is 6.35. The minimum Gasteiger partial charge on any atom is -0.481 e. The van der Waals surface area contributed by atoms with Gasteiger partial charge in [0.1, 0.15) is 0 Å². The average molecular weight is 200 g/mol. The van der Waals surface area contributed by atoms with Crippen molar-refractivity contribution in [1.29, 1.82) is 5.26 Å². The molecule has 0 fully saturated rings. The van der Waals surface area contributed by atoms with Crippen LogP contribution in [0.3, 0.4) is 0 Å².